The number of hydrogen-bond donors (Lipinski definition) is 1. The van der Waals surface area contributed by atoms with Crippen LogP contribution in [0.25, 0.3) is 10.2 Å². The Morgan fingerprint density at radius 2 is 1.95 bits per heavy atom. The normalized spacial score (nSPS) is 10.6. The minimum atomic E-state index is 0.490. The van der Waals surface area contributed by atoms with E-state index in [4.69, 9.17) is 21.1 Å². The number of nitrogens with zero attached hydrogens (tertiary/aromatic N) is 2. The van der Waals surface area contributed by atoms with Crippen LogP contribution in [0.2, 0.25) is 5.02 Å². The standard InChI is InChI=1S/C14H12ClN3O2S/c1-19-11-6-10(12(20-2)5-8(11)15)18-14-13-9(3-4-21-13)16-7-17-14/h3-7H,1-2H3,(H,16,17,18). The Labute approximate surface area is 130 Å². The summed E-state index contributed by atoms with van der Waals surface area (Å²) >= 11 is 7.68. The Bertz CT molecular complexity index is 791. The molecule has 0 bridgehead atoms. The number of aromatic nitrogens is 2. The molecule has 0 atom stereocenters. The third-order valence-electron chi connectivity index (χ3n) is 2.97. The number of hydrogen-bond acceptors (Lipinski definition) is 6. The van der Waals surface area contributed by atoms with Gasteiger partial charge in [0.15, 0.2) is 5.82 Å². The van der Waals surface area contributed by atoms with Gasteiger partial charge in [-0.2, -0.15) is 0 Å². The summed E-state index contributed by atoms with van der Waals surface area (Å²) in [6, 6.07) is 5.44. The van der Waals surface area contributed by atoms with Gasteiger partial charge in [0.25, 0.3) is 0 Å². The van der Waals surface area contributed by atoms with Crippen LogP contribution in [0.15, 0.2) is 29.9 Å². The van der Waals surface area contributed by atoms with E-state index in [9.17, 15) is 0 Å². The first-order valence-electron chi connectivity index (χ1n) is 6.09. The predicted octanol–water partition coefficient (Wildman–Crippen LogP) is 4.11. The first kappa shape index (κ1) is 13.9. The first-order chi connectivity index (χ1) is 10.2. The van der Waals surface area contributed by atoms with Crippen molar-refractivity contribution in [3.05, 3.63) is 34.9 Å². The Kier molecular flexibility index (Phi) is 3.81. The van der Waals surface area contributed by atoms with Gasteiger partial charge in [-0.15, -0.1) is 11.3 Å². The lowest BCUT2D eigenvalue weighted by atomic mass is 10.2. The van der Waals surface area contributed by atoms with Gasteiger partial charge >= 0.3 is 0 Å². The van der Waals surface area contributed by atoms with Crippen LogP contribution in [0.4, 0.5) is 11.5 Å². The molecular formula is C14H12ClN3O2S. The Balaban J connectivity index is 2.06. The minimum absolute atomic E-state index is 0.490. The smallest absolute Gasteiger partial charge is 0.151 e. The second kappa shape index (κ2) is 5.75. The van der Waals surface area contributed by atoms with Gasteiger partial charge in [0.2, 0.25) is 0 Å². The third-order valence-corrected chi connectivity index (χ3v) is 4.18. The Morgan fingerprint density at radius 1 is 1.14 bits per heavy atom. The maximum Gasteiger partial charge on any atom is 0.151 e. The molecule has 0 fully saturated rings. The van der Waals surface area contributed by atoms with Crippen molar-refractivity contribution in [3.63, 3.8) is 0 Å². The van der Waals surface area contributed by atoms with Crippen LogP contribution in [0.3, 0.4) is 0 Å². The highest BCUT2D eigenvalue weighted by Gasteiger charge is 2.12. The molecule has 108 valence electrons. The maximum atomic E-state index is 6.10. The molecular weight excluding hydrogens is 310 g/mol. The van der Waals surface area contributed by atoms with E-state index >= 15 is 0 Å². The summed E-state index contributed by atoms with van der Waals surface area (Å²) in [5.41, 5.74) is 1.63. The quantitative estimate of drug-likeness (QED) is 0.783. The lowest BCUT2D eigenvalue weighted by Gasteiger charge is -2.13. The van der Waals surface area contributed by atoms with Crippen molar-refractivity contribution in [3.8, 4) is 11.5 Å². The van der Waals surface area contributed by atoms with Crippen LogP contribution < -0.4 is 14.8 Å². The zero-order valence-corrected chi connectivity index (χ0v) is 13.0. The molecule has 3 rings (SSSR count). The second-order valence-corrected chi connectivity index (χ2v) is 5.49. The van der Waals surface area contributed by atoms with Gasteiger partial charge in [-0.25, -0.2) is 9.97 Å². The van der Waals surface area contributed by atoms with Crippen LogP contribution in [-0.4, -0.2) is 24.2 Å². The molecule has 0 aliphatic heterocycles. The van der Waals surface area contributed by atoms with Gasteiger partial charge in [-0.1, -0.05) is 11.6 Å². The number of fused-ring (bicyclic) bond motifs is 1. The summed E-state index contributed by atoms with van der Waals surface area (Å²) in [6.45, 7) is 0. The highest BCUT2D eigenvalue weighted by atomic mass is 35.5. The number of methoxy groups -OCH3 is 2. The SMILES string of the molecule is COc1cc(Nc2ncnc3ccsc23)c(OC)cc1Cl. The van der Waals surface area contributed by atoms with Gasteiger partial charge in [-0.05, 0) is 11.4 Å². The lowest BCUT2D eigenvalue weighted by Crippen LogP contribution is -1.98. The van der Waals surface area contributed by atoms with Crippen molar-refractivity contribution >= 4 is 44.7 Å². The molecule has 0 saturated carbocycles. The van der Waals surface area contributed by atoms with E-state index < -0.39 is 0 Å². The summed E-state index contributed by atoms with van der Waals surface area (Å²) in [6.07, 6.45) is 1.52. The van der Waals surface area contributed by atoms with E-state index in [1.807, 2.05) is 11.4 Å². The fraction of sp³-hybridized carbons (Fsp3) is 0.143. The van der Waals surface area contributed by atoms with Gasteiger partial charge in [0.1, 0.15) is 17.8 Å². The van der Waals surface area contributed by atoms with E-state index in [2.05, 4.69) is 15.3 Å². The molecule has 7 heteroatoms. The zero-order valence-electron chi connectivity index (χ0n) is 11.4. The highest BCUT2D eigenvalue weighted by Crippen LogP contribution is 2.38. The molecule has 0 amide bonds. The summed E-state index contributed by atoms with van der Waals surface area (Å²) < 4.78 is 11.6. The van der Waals surface area contributed by atoms with Crippen LogP contribution >= 0.6 is 22.9 Å². The molecule has 0 aliphatic rings. The fourth-order valence-electron chi connectivity index (χ4n) is 1.96. The minimum Gasteiger partial charge on any atom is -0.495 e. The van der Waals surface area contributed by atoms with Gasteiger partial charge in [-0.3, -0.25) is 0 Å². The number of rotatable bonds is 4. The number of anilines is 2. The fourth-order valence-corrected chi connectivity index (χ4v) is 2.98. The van der Waals surface area contributed by atoms with E-state index in [-0.39, 0.29) is 0 Å². The average Bonchev–Trinajstić information content (AvgIpc) is 2.98. The molecule has 0 unspecified atom stereocenters. The average molecular weight is 322 g/mol. The van der Waals surface area contributed by atoms with Crippen LogP contribution in [0.1, 0.15) is 0 Å². The zero-order chi connectivity index (χ0) is 14.8. The number of halogens is 1. The highest BCUT2D eigenvalue weighted by molar-refractivity contribution is 7.17. The summed E-state index contributed by atoms with van der Waals surface area (Å²) in [5.74, 6) is 1.90. The number of benzene rings is 1. The van der Waals surface area contributed by atoms with Crippen molar-refractivity contribution < 1.29 is 9.47 Å². The van der Waals surface area contributed by atoms with E-state index in [1.54, 1.807) is 37.7 Å². The largest absolute Gasteiger partial charge is 0.495 e. The Morgan fingerprint density at radius 3 is 2.71 bits per heavy atom. The van der Waals surface area contributed by atoms with E-state index in [0.29, 0.717) is 16.5 Å². The van der Waals surface area contributed by atoms with Crippen molar-refractivity contribution in [1.82, 2.24) is 9.97 Å². The van der Waals surface area contributed by atoms with Gasteiger partial charge in [0, 0.05) is 12.1 Å². The number of nitrogens with one attached hydrogen (secondary N) is 1. The second-order valence-electron chi connectivity index (χ2n) is 4.17. The predicted molar refractivity (Wildman–Crippen MR) is 85.3 cm³/mol. The monoisotopic (exact) mass is 321 g/mol. The molecule has 0 radical (unpaired) electrons. The molecule has 2 heterocycles. The molecule has 21 heavy (non-hydrogen) atoms. The topological polar surface area (TPSA) is 56.3 Å². The summed E-state index contributed by atoms with van der Waals surface area (Å²) in [5, 5.41) is 5.72. The summed E-state index contributed by atoms with van der Waals surface area (Å²) in [7, 11) is 3.16. The number of ether oxygens (including phenoxy) is 2. The van der Waals surface area contributed by atoms with Crippen LogP contribution in [0.5, 0.6) is 11.5 Å². The molecule has 0 spiro atoms. The molecule has 5 nitrogen and oxygen atoms in total. The molecule has 0 saturated heterocycles. The van der Waals surface area contributed by atoms with E-state index in [1.165, 1.54) is 6.33 Å². The first-order valence-corrected chi connectivity index (χ1v) is 7.35. The third kappa shape index (κ3) is 2.59. The molecule has 1 N–H and O–H groups in total. The van der Waals surface area contributed by atoms with Crippen LogP contribution in [0, 0.1) is 0 Å². The molecule has 3 aromatic rings. The molecule has 1 aromatic carbocycles. The lowest BCUT2D eigenvalue weighted by molar-refractivity contribution is 0.405. The van der Waals surface area contributed by atoms with Crippen molar-refractivity contribution in [1.29, 1.82) is 0 Å². The van der Waals surface area contributed by atoms with Gasteiger partial charge in [0.05, 0.1) is 35.1 Å². The summed E-state index contributed by atoms with van der Waals surface area (Å²) in [4.78, 5) is 8.50. The molecule has 2 aromatic heterocycles. The Hall–Kier alpha value is -2.05. The maximum absolute atomic E-state index is 6.10. The van der Waals surface area contributed by atoms with Crippen molar-refractivity contribution in [2.75, 3.05) is 19.5 Å². The molecule has 0 aliphatic carbocycles. The number of thiophene rings is 1. The van der Waals surface area contributed by atoms with Crippen molar-refractivity contribution in [2.24, 2.45) is 0 Å². The van der Waals surface area contributed by atoms with Crippen molar-refractivity contribution in [2.45, 2.75) is 0 Å². The van der Waals surface area contributed by atoms with E-state index in [0.717, 1.165) is 21.7 Å². The van der Waals surface area contributed by atoms with Gasteiger partial charge < -0.3 is 14.8 Å². The van der Waals surface area contributed by atoms with Crippen LogP contribution in [-0.2, 0) is 0 Å².